The molecule has 53 heavy (non-hydrogen) atoms. The van der Waals surface area contributed by atoms with Crippen LogP contribution in [0.5, 0.6) is 0 Å². The Kier molecular flexibility index (Phi) is 5.89. The van der Waals surface area contributed by atoms with Crippen molar-refractivity contribution in [1.29, 1.82) is 0 Å². The molecule has 12 rings (SSSR count). The Hall–Kier alpha value is -5.98. The van der Waals surface area contributed by atoms with E-state index in [0.29, 0.717) is 0 Å². The highest BCUT2D eigenvalue weighted by Gasteiger charge is 2.36. The normalized spacial score (nSPS) is 16.4. The molecule has 0 fully saturated rings. The maximum absolute atomic E-state index is 2.50. The zero-order valence-corrected chi connectivity index (χ0v) is 30.2. The van der Waals surface area contributed by atoms with Gasteiger partial charge in [0.1, 0.15) is 0 Å². The van der Waals surface area contributed by atoms with E-state index in [1.165, 1.54) is 122 Å². The average molecular weight is 675 g/mol. The van der Waals surface area contributed by atoms with Crippen LogP contribution >= 0.6 is 0 Å². The number of fused-ring (bicyclic) bond motifs is 3. The Bertz CT molecular complexity index is 2950. The summed E-state index contributed by atoms with van der Waals surface area (Å²) < 4.78 is 0. The molecule has 0 heterocycles. The highest BCUT2D eigenvalue weighted by Crippen LogP contribution is 2.52. The third kappa shape index (κ3) is 4.02. The second-order valence-corrected chi connectivity index (χ2v) is 16.2. The van der Waals surface area contributed by atoms with Gasteiger partial charge in [-0.15, -0.1) is 0 Å². The van der Waals surface area contributed by atoms with Crippen LogP contribution in [0, 0.1) is 0 Å². The second-order valence-electron chi connectivity index (χ2n) is 16.2. The lowest BCUT2D eigenvalue weighted by atomic mass is 9.78. The summed E-state index contributed by atoms with van der Waals surface area (Å²) in [6.07, 6.45) is 18.2. The van der Waals surface area contributed by atoms with E-state index in [9.17, 15) is 0 Å². The minimum absolute atomic E-state index is 0.132. The van der Waals surface area contributed by atoms with E-state index in [1.54, 1.807) is 0 Å². The standard InChI is InChI=1S/C53H38/c1-53(2)47-29-37(39-11-3-4-12-41(39)42-24-18-36-16-14-32-8-6-10-34-20-28-46(42)52(36)50(32)34)21-25-43(47)44-26-22-38(30-48(44)53)40-23-17-35-15-13-31-7-5-9-33-19-27-45(40)51(35)49(31)33/h3-6,9-14,17-30H,7-8,15-16H2,1-2H3. The summed E-state index contributed by atoms with van der Waals surface area (Å²) in [6, 6.07) is 42.4. The fourth-order valence-electron chi connectivity index (χ4n) is 10.6. The molecule has 7 aromatic carbocycles. The molecule has 250 valence electrons. The summed E-state index contributed by atoms with van der Waals surface area (Å²) in [5.41, 5.74) is 24.8. The topological polar surface area (TPSA) is 0 Å². The van der Waals surface area contributed by atoms with E-state index >= 15 is 0 Å². The number of hydrogen-bond donors (Lipinski definition) is 0. The van der Waals surface area contributed by atoms with Gasteiger partial charge in [-0.05, 0) is 160 Å². The van der Waals surface area contributed by atoms with Gasteiger partial charge in [0, 0.05) is 5.41 Å². The molecule has 0 heteroatoms. The third-order valence-electron chi connectivity index (χ3n) is 13.2. The molecule has 5 aliphatic rings. The van der Waals surface area contributed by atoms with Crippen LogP contribution in [0.2, 0.25) is 0 Å². The van der Waals surface area contributed by atoms with Gasteiger partial charge in [-0.25, -0.2) is 0 Å². The summed E-state index contributed by atoms with van der Waals surface area (Å²) in [5, 5.41) is 5.66. The number of allylic oxidation sites excluding steroid dienone is 6. The molecule has 0 bridgehead atoms. The Morgan fingerprint density at radius 1 is 0.434 bits per heavy atom. The van der Waals surface area contributed by atoms with Crippen molar-refractivity contribution in [2.75, 3.05) is 0 Å². The van der Waals surface area contributed by atoms with Crippen LogP contribution in [0.3, 0.4) is 0 Å². The van der Waals surface area contributed by atoms with E-state index in [2.05, 4.69) is 159 Å². The van der Waals surface area contributed by atoms with Crippen molar-refractivity contribution in [3.8, 4) is 44.5 Å². The van der Waals surface area contributed by atoms with Crippen LogP contribution in [-0.4, -0.2) is 0 Å². The summed E-state index contributed by atoms with van der Waals surface area (Å²) in [7, 11) is 0. The van der Waals surface area contributed by atoms with Crippen molar-refractivity contribution >= 4 is 44.8 Å². The Balaban J connectivity index is 0.973. The predicted molar refractivity (Wildman–Crippen MR) is 226 cm³/mol. The maximum atomic E-state index is 2.50. The van der Waals surface area contributed by atoms with Gasteiger partial charge >= 0.3 is 0 Å². The molecule has 0 unspecified atom stereocenters. The molecule has 0 atom stereocenters. The monoisotopic (exact) mass is 674 g/mol. The molecular formula is C53H38. The Morgan fingerprint density at radius 3 is 1.55 bits per heavy atom. The minimum Gasteiger partial charge on any atom is -0.0795 e. The predicted octanol–water partition coefficient (Wildman–Crippen LogP) is 14.0. The zero-order valence-electron chi connectivity index (χ0n) is 30.2. The van der Waals surface area contributed by atoms with Crippen molar-refractivity contribution in [3.63, 3.8) is 0 Å². The van der Waals surface area contributed by atoms with Crippen LogP contribution in [-0.2, 0) is 18.3 Å². The first-order valence-electron chi connectivity index (χ1n) is 19.3. The van der Waals surface area contributed by atoms with Crippen molar-refractivity contribution in [1.82, 2.24) is 0 Å². The molecule has 0 saturated heterocycles. The lowest BCUT2D eigenvalue weighted by Gasteiger charge is -2.25. The van der Waals surface area contributed by atoms with Crippen LogP contribution in [0.1, 0.15) is 71.2 Å². The molecule has 0 spiro atoms. The zero-order chi connectivity index (χ0) is 35.0. The first-order valence-corrected chi connectivity index (χ1v) is 19.3. The Labute approximate surface area is 311 Å². The lowest BCUT2D eigenvalue weighted by Crippen LogP contribution is -2.15. The quantitative estimate of drug-likeness (QED) is 0.175. The SMILES string of the molecule is CC1(C)c2cc(-c3ccccc3-c3ccc4c5c6c(ccc35)C=CCC6=CC4)ccc2-c2ccc(-c3ccc4c5c6c(ccc35)C=CCC6=CC4)cc21. The third-order valence-corrected chi connectivity index (χ3v) is 13.2. The molecular weight excluding hydrogens is 637 g/mol. The summed E-state index contributed by atoms with van der Waals surface area (Å²) in [6.45, 7) is 4.84. The molecule has 0 N–H and O–H groups in total. The van der Waals surface area contributed by atoms with Gasteiger partial charge in [-0.2, -0.15) is 0 Å². The van der Waals surface area contributed by atoms with Gasteiger partial charge in [0.2, 0.25) is 0 Å². The average Bonchev–Trinajstić information content (AvgIpc) is 3.43. The van der Waals surface area contributed by atoms with Crippen molar-refractivity contribution in [2.45, 2.75) is 44.9 Å². The number of benzene rings is 7. The summed E-state index contributed by atoms with van der Waals surface area (Å²) in [5.74, 6) is 0. The van der Waals surface area contributed by atoms with Gasteiger partial charge in [-0.3, -0.25) is 0 Å². The van der Waals surface area contributed by atoms with Gasteiger partial charge in [0.25, 0.3) is 0 Å². The second kappa shape index (κ2) is 10.6. The number of hydrogen-bond acceptors (Lipinski definition) is 0. The molecule has 0 aliphatic heterocycles. The fourth-order valence-corrected chi connectivity index (χ4v) is 10.6. The maximum Gasteiger partial charge on any atom is 0.0159 e. The smallest absolute Gasteiger partial charge is 0.0159 e. The molecule has 0 nitrogen and oxygen atoms in total. The molecule has 5 aliphatic carbocycles. The highest BCUT2D eigenvalue weighted by atomic mass is 14.4. The summed E-state index contributed by atoms with van der Waals surface area (Å²) in [4.78, 5) is 0. The molecule has 0 amide bonds. The van der Waals surface area contributed by atoms with Gasteiger partial charge in [0.15, 0.2) is 0 Å². The fraction of sp³-hybridized carbons (Fsp3) is 0.132. The van der Waals surface area contributed by atoms with Crippen LogP contribution in [0.25, 0.3) is 89.4 Å². The molecule has 7 aromatic rings. The first-order chi connectivity index (χ1) is 26.0. The minimum atomic E-state index is -0.132. The lowest BCUT2D eigenvalue weighted by molar-refractivity contribution is 0.661. The van der Waals surface area contributed by atoms with E-state index < -0.39 is 0 Å². The molecule has 0 radical (unpaired) electrons. The van der Waals surface area contributed by atoms with E-state index in [4.69, 9.17) is 0 Å². The molecule has 0 aromatic heterocycles. The van der Waals surface area contributed by atoms with Gasteiger partial charge in [-0.1, -0.05) is 147 Å². The van der Waals surface area contributed by atoms with Crippen molar-refractivity contribution in [3.05, 3.63) is 178 Å². The van der Waals surface area contributed by atoms with Crippen LogP contribution in [0.4, 0.5) is 0 Å². The Morgan fingerprint density at radius 2 is 0.943 bits per heavy atom. The first kappa shape index (κ1) is 29.6. The van der Waals surface area contributed by atoms with Gasteiger partial charge in [0.05, 0.1) is 0 Å². The van der Waals surface area contributed by atoms with E-state index in [-0.39, 0.29) is 5.41 Å². The number of rotatable bonds is 3. The van der Waals surface area contributed by atoms with Crippen LogP contribution in [0.15, 0.2) is 133 Å². The molecule has 0 saturated carbocycles. The van der Waals surface area contributed by atoms with Crippen LogP contribution < -0.4 is 0 Å². The van der Waals surface area contributed by atoms with Crippen molar-refractivity contribution < 1.29 is 0 Å². The van der Waals surface area contributed by atoms with E-state index in [1.807, 2.05) is 0 Å². The summed E-state index contributed by atoms with van der Waals surface area (Å²) >= 11 is 0. The van der Waals surface area contributed by atoms with E-state index in [0.717, 1.165) is 25.7 Å². The van der Waals surface area contributed by atoms with Gasteiger partial charge < -0.3 is 0 Å². The largest absolute Gasteiger partial charge is 0.0795 e. The van der Waals surface area contributed by atoms with Crippen molar-refractivity contribution in [2.24, 2.45) is 0 Å². The highest BCUT2D eigenvalue weighted by molar-refractivity contribution is 6.10.